The van der Waals surface area contributed by atoms with Crippen molar-refractivity contribution >= 4 is 11.6 Å². The summed E-state index contributed by atoms with van der Waals surface area (Å²) in [5, 5.41) is 0. The third kappa shape index (κ3) is 2.66. The molecule has 0 radical (unpaired) electrons. The van der Waals surface area contributed by atoms with Gasteiger partial charge in [-0.1, -0.05) is 13.8 Å². The fourth-order valence-electron chi connectivity index (χ4n) is 2.54. The lowest BCUT2D eigenvalue weighted by atomic mass is 9.93. The van der Waals surface area contributed by atoms with E-state index in [4.69, 9.17) is 15.2 Å². The molecule has 1 fully saturated rings. The average Bonchev–Trinajstić information content (AvgIpc) is 2.78. The standard InChI is InChI=1S/C15H22N2O3/c1-15(2)5-6-17(9-15)14(18)10-7-12(19-3)13(20-4)8-11(10)16/h7-8H,5-6,9,16H2,1-4H3. The predicted octanol–water partition coefficient (Wildman–Crippen LogP) is 2.16. The van der Waals surface area contributed by atoms with Crippen LogP contribution in [0.15, 0.2) is 12.1 Å². The summed E-state index contributed by atoms with van der Waals surface area (Å²) >= 11 is 0. The highest BCUT2D eigenvalue weighted by Crippen LogP contribution is 2.35. The molecule has 2 rings (SSSR count). The van der Waals surface area contributed by atoms with Crippen molar-refractivity contribution in [1.82, 2.24) is 4.90 Å². The van der Waals surface area contributed by atoms with Crippen LogP contribution in [-0.2, 0) is 0 Å². The molecule has 5 nitrogen and oxygen atoms in total. The van der Waals surface area contributed by atoms with Gasteiger partial charge in [-0.2, -0.15) is 0 Å². The Morgan fingerprint density at radius 1 is 1.25 bits per heavy atom. The van der Waals surface area contributed by atoms with Crippen LogP contribution >= 0.6 is 0 Å². The Bertz CT molecular complexity index is 526. The number of methoxy groups -OCH3 is 2. The van der Waals surface area contributed by atoms with Gasteiger partial charge in [0.25, 0.3) is 5.91 Å². The molecule has 2 N–H and O–H groups in total. The van der Waals surface area contributed by atoms with Crippen molar-refractivity contribution < 1.29 is 14.3 Å². The second-order valence-electron chi connectivity index (χ2n) is 5.94. The number of nitrogens with zero attached hydrogens (tertiary/aromatic N) is 1. The molecule has 1 aliphatic heterocycles. The number of anilines is 1. The number of nitrogen functional groups attached to an aromatic ring is 1. The van der Waals surface area contributed by atoms with Crippen LogP contribution in [0.4, 0.5) is 5.69 Å². The summed E-state index contributed by atoms with van der Waals surface area (Å²) in [6, 6.07) is 3.29. The molecule has 0 bridgehead atoms. The quantitative estimate of drug-likeness (QED) is 0.860. The first-order valence-electron chi connectivity index (χ1n) is 6.69. The van der Waals surface area contributed by atoms with Crippen LogP contribution in [-0.4, -0.2) is 38.1 Å². The lowest BCUT2D eigenvalue weighted by molar-refractivity contribution is 0.0779. The van der Waals surface area contributed by atoms with Gasteiger partial charge in [0, 0.05) is 24.8 Å². The number of amides is 1. The van der Waals surface area contributed by atoms with Crippen LogP contribution in [0.25, 0.3) is 0 Å². The Morgan fingerprint density at radius 3 is 2.35 bits per heavy atom. The Balaban J connectivity index is 2.31. The second-order valence-corrected chi connectivity index (χ2v) is 5.94. The minimum absolute atomic E-state index is 0.0472. The summed E-state index contributed by atoms with van der Waals surface area (Å²) in [5.41, 5.74) is 7.03. The Hall–Kier alpha value is -1.91. The van der Waals surface area contributed by atoms with Crippen LogP contribution < -0.4 is 15.2 Å². The molecule has 5 heteroatoms. The van der Waals surface area contributed by atoms with Crippen molar-refractivity contribution in [3.8, 4) is 11.5 Å². The lowest BCUT2D eigenvalue weighted by Gasteiger charge is -2.21. The van der Waals surface area contributed by atoms with Crippen LogP contribution in [0.1, 0.15) is 30.6 Å². The normalized spacial score (nSPS) is 17.1. The van der Waals surface area contributed by atoms with Crippen molar-refractivity contribution in [2.24, 2.45) is 5.41 Å². The van der Waals surface area contributed by atoms with Gasteiger partial charge in [0.15, 0.2) is 11.5 Å². The van der Waals surface area contributed by atoms with Gasteiger partial charge < -0.3 is 20.1 Å². The van der Waals surface area contributed by atoms with Gasteiger partial charge in [-0.15, -0.1) is 0 Å². The minimum atomic E-state index is -0.0472. The van der Waals surface area contributed by atoms with Crippen LogP contribution in [0, 0.1) is 5.41 Å². The first-order valence-corrected chi connectivity index (χ1v) is 6.69. The lowest BCUT2D eigenvalue weighted by Crippen LogP contribution is -2.30. The highest BCUT2D eigenvalue weighted by Gasteiger charge is 2.33. The molecule has 0 atom stereocenters. The number of likely N-dealkylation sites (tertiary alicyclic amines) is 1. The zero-order valence-electron chi connectivity index (χ0n) is 12.5. The topological polar surface area (TPSA) is 64.8 Å². The van der Waals surface area contributed by atoms with Gasteiger partial charge in [0.1, 0.15) is 0 Å². The van der Waals surface area contributed by atoms with E-state index in [2.05, 4.69) is 13.8 Å². The molecule has 110 valence electrons. The van der Waals surface area contributed by atoms with E-state index in [0.717, 1.165) is 19.5 Å². The maximum Gasteiger partial charge on any atom is 0.256 e. The average molecular weight is 278 g/mol. The molecule has 0 saturated carbocycles. The Kier molecular flexibility index (Phi) is 3.79. The fourth-order valence-corrected chi connectivity index (χ4v) is 2.54. The van der Waals surface area contributed by atoms with Gasteiger partial charge in [0.05, 0.1) is 19.8 Å². The number of benzene rings is 1. The van der Waals surface area contributed by atoms with Gasteiger partial charge in [-0.05, 0) is 17.9 Å². The van der Waals surface area contributed by atoms with Crippen molar-refractivity contribution in [2.45, 2.75) is 20.3 Å². The number of nitrogens with two attached hydrogens (primary N) is 1. The van der Waals surface area contributed by atoms with Gasteiger partial charge in [-0.3, -0.25) is 4.79 Å². The molecule has 0 unspecified atom stereocenters. The third-order valence-corrected chi connectivity index (χ3v) is 3.75. The van der Waals surface area contributed by atoms with Crippen LogP contribution in [0.5, 0.6) is 11.5 Å². The first-order chi connectivity index (χ1) is 9.38. The summed E-state index contributed by atoms with van der Waals surface area (Å²) in [6.07, 6.45) is 1.01. The molecule has 1 aromatic rings. The first kappa shape index (κ1) is 14.5. The molecular formula is C15H22N2O3. The number of carbonyl (C=O) groups excluding carboxylic acids is 1. The molecule has 0 aromatic heterocycles. The molecule has 1 amide bonds. The van der Waals surface area contributed by atoms with E-state index in [9.17, 15) is 4.79 Å². The van der Waals surface area contributed by atoms with E-state index in [1.165, 1.54) is 0 Å². The highest BCUT2D eigenvalue weighted by atomic mass is 16.5. The molecule has 1 saturated heterocycles. The summed E-state index contributed by atoms with van der Waals surface area (Å²) < 4.78 is 10.4. The van der Waals surface area contributed by atoms with Crippen molar-refractivity contribution in [1.29, 1.82) is 0 Å². The largest absolute Gasteiger partial charge is 0.493 e. The zero-order chi connectivity index (χ0) is 14.9. The molecule has 0 aliphatic carbocycles. The monoisotopic (exact) mass is 278 g/mol. The number of carbonyl (C=O) groups is 1. The Morgan fingerprint density at radius 2 is 1.85 bits per heavy atom. The summed E-state index contributed by atoms with van der Waals surface area (Å²) in [6.45, 7) is 5.84. The second kappa shape index (κ2) is 5.23. The van der Waals surface area contributed by atoms with E-state index in [1.807, 2.05) is 4.90 Å². The third-order valence-electron chi connectivity index (χ3n) is 3.75. The highest BCUT2D eigenvalue weighted by molar-refractivity contribution is 6.00. The Labute approximate surface area is 119 Å². The van der Waals surface area contributed by atoms with Crippen molar-refractivity contribution in [3.63, 3.8) is 0 Å². The van der Waals surface area contributed by atoms with E-state index >= 15 is 0 Å². The molecule has 0 spiro atoms. The van der Waals surface area contributed by atoms with Gasteiger partial charge >= 0.3 is 0 Å². The molecular weight excluding hydrogens is 256 g/mol. The predicted molar refractivity (Wildman–Crippen MR) is 78.3 cm³/mol. The van der Waals surface area contributed by atoms with Gasteiger partial charge in [-0.25, -0.2) is 0 Å². The van der Waals surface area contributed by atoms with E-state index < -0.39 is 0 Å². The van der Waals surface area contributed by atoms with Crippen molar-refractivity contribution in [2.75, 3.05) is 33.0 Å². The molecule has 20 heavy (non-hydrogen) atoms. The molecule has 1 aliphatic rings. The van der Waals surface area contributed by atoms with E-state index in [1.54, 1.807) is 26.4 Å². The summed E-state index contributed by atoms with van der Waals surface area (Å²) in [7, 11) is 3.09. The summed E-state index contributed by atoms with van der Waals surface area (Å²) in [5.74, 6) is 1.00. The maximum absolute atomic E-state index is 12.6. The van der Waals surface area contributed by atoms with Crippen LogP contribution in [0.2, 0.25) is 0 Å². The van der Waals surface area contributed by atoms with E-state index in [0.29, 0.717) is 22.7 Å². The van der Waals surface area contributed by atoms with E-state index in [-0.39, 0.29) is 11.3 Å². The minimum Gasteiger partial charge on any atom is -0.493 e. The number of hydrogen-bond donors (Lipinski definition) is 1. The summed E-state index contributed by atoms with van der Waals surface area (Å²) in [4.78, 5) is 14.4. The molecule has 1 aromatic carbocycles. The zero-order valence-corrected chi connectivity index (χ0v) is 12.5. The maximum atomic E-state index is 12.6. The number of rotatable bonds is 3. The number of ether oxygens (including phenoxy) is 2. The fraction of sp³-hybridized carbons (Fsp3) is 0.533. The number of hydrogen-bond acceptors (Lipinski definition) is 4. The SMILES string of the molecule is COc1cc(N)c(C(=O)N2CCC(C)(C)C2)cc1OC. The van der Waals surface area contributed by atoms with Crippen LogP contribution in [0.3, 0.4) is 0 Å². The van der Waals surface area contributed by atoms with Crippen molar-refractivity contribution in [3.05, 3.63) is 17.7 Å². The smallest absolute Gasteiger partial charge is 0.256 e. The van der Waals surface area contributed by atoms with Gasteiger partial charge in [0.2, 0.25) is 0 Å². The molecule has 1 heterocycles.